The fourth-order valence-electron chi connectivity index (χ4n) is 7.27. The lowest BCUT2D eigenvalue weighted by molar-refractivity contribution is -0.122. The minimum atomic E-state index is -2.90. The number of rotatable bonds is 1. The number of hydrogen-bond acceptors (Lipinski definition) is 5. The lowest BCUT2D eigenvalue weighted by atomic mass is 9.68. The molecule has 6 rings (SSSR count). The first-order valence-corrected chi connectivity index (χ1v) is 17.1. The van der Waals surface area contributed by atoms with E-state index in [4.69, 9.17) is 16.3 Å². The average Bonchev–Trinajstić information content (AvgIpc) is 3.07. The summed E-state index contributed by atoms with van der Waals surface area (Å²) in [5.74, 6) is 4.68. The molecule has 2 aliphatic heterocycles. The number of ether oxygens (including phenoxy) is 1. The highest BCUT2D eigenvalue weighted by molar-refractivity contribution is 7.99. The number of fused-ring (bicyclic) bond motifs is 4. The smallest absolute Gasteiger partial charge is 0.262 e. The van der Waals surface area contributed by atoms with Crippen molar-refractivity contribution in [1.29, 1.82) is 0 Å². The molecule has 2 aliphatic carbocycles. The molecule has 1 fully saturated rings. The Kier molecular flexibility index (Phi) is 7.70. The van der Waals surface area contributed by atoms with Crippen LogP contribution in [0.3, 0.4) is 0 Å². The van der Waals surface area contributed by atoms with Gasteiger partial charge in [0.25, 0.3) is 5.91 Å². The number of anilines is 1. The number of hydrogen-bond donors (Lipinski definition) is 1. The van der Waals surface area contributed by atoms with E-state index in [-0.39, 0.29) is 34.2 Å². The molecular formula is C33H39ClN2O4S. The molecule has 2 bridgehead atoms. The first kappa shape index (κ1) is 28.4. The fourth-order valence-corrected chi connectivity index (χ4v) is 9.12. The summed E-state index contributed by atoms with van der Waals surface area (Å²) < 4.78 is 22.9. The van der Waals surface area contributed by atoms with Gasteiger partial charge in [-0.05, 0) is 111 Å². The Morgan fingerprint density at radius 1 is 1.17 bits per heavy atom. The molecule has 6 nitrogen and oxygen atoms in total. The molecule has 1 amide bonds. The first-order valence-electron chi connectivity index (χ1n) is 14.9. The Hall–Kier alpha value is -2.77. The van der Waals surface area contributed by atoms with Crippen molar-refractivity contribution in [3.63, 3.8) is 0 Å². The zero-order valence-corrected chi connectivity index (χ0v) is 25.3. The van der Waals surface area contributed by atoms with Crippen LogP contribution in [0.15, 0.2) is 48.6 Å². The van der Waals surface area contributed by atoms with Crippen LogP contribution in [-0.4, -0.2) is 46.7 Å². The third-order valence-corrected chi connectivity index (χ3v) is 12.1. The summed E-state index contributed by atoms with van der Waals surface area (Å²) in [6.07, 6.45) is 10.4. The summed E-state index contributed by atoms with van der Waals surface area (Å²) in [7, 11) is -2.90. The van der Waals surface area contributed by atoms with E-state index in [9.17, 15) is 13.8 Å². The summed E-state index contributed by atoms with van der Waals surface area (Å²) in [6.45, 7) is 3.91. The monoisotopic (exact) mass is 594 g/mol. The fraction of sp³-hybridized carbons (Fsp3) is 0.485. The van der Waals surface area contributed by atoms with Crippen LogP contribution in [0.25, 0.3) is 0 Å². The normalized spacial score (nSPS) is 32.5. The molecule has 8 heteroatoms. The van der Waals surface area contributed by atoms with Crippen molar-refractivity contribution in [1.82, 2.24) is 4.72 Å². The molecule has 4 aliphatic rings. The van der Waals surface area contributed by atoms with Crippen molar-refractivity contribution in [2.75, 3.05) is 24.6 Å². The van der Waals surface area contributed by atoms with Gasteiger partial charge < -0.3 is 9.64 Å². The maximum atomic E-state index is 13.6. The highest BCUT2D eigenvalue weighted by Crippen LogP contribution is 2.46. The van der Waals surface area contributed by atoms with E-state index in [1.165, 1.54) is 11.1 Å². The Morgan fingerprint density at radius 3 is 2.80 bits per heavy atom. The van der Waals surface area contributed by atoms with Crippen LogP contribution >= 0.6 is 11.6 Å². The number of carbonyl (C=O) groups is 2. The maximum absolute atomic E-state index is 13.6. The van der Waals surface area contributed by atoms with Crippen molar-refractivity contribution in [2.45, 2.75) is 69.0 Å². The number of benzene rings is 2. The summed E-state index contributed by atoms with van der Waals surface area (Å²) in [5, 5.41) is 0.464. The maximum Gasteiger partial charge on any atom is 0.262 e. The standard InChI is InChI=1S/C33H39ClN2O4S/c1-3-26-8-4-5-9-30(37)27-13-10-24(27)19-36-20-33(16-6-7-22-17-25(34)12-14-28(22)33)21-40-31-15-11-23(18-29(31)36)32(38)35-41(26,2)39/h5,9,11-12,14-15,17-18,24,26-27H,2-4,6-8,10,13,16,19-21H2,1H3,(H,35,38,39)/b9-5+/t24-,26+,27+,33-,41?/m0/s1. The molecule has 1 saturated carbocycles. The Labute approximate surface area is 248 Å². The zero-order chi connectivity index (χ0) is 28.8. The second-order valence-electron chi connectivity index (χ2n) is 12.3. The SMILES string of the molecule is C=S1(=O)NC(=O)c2ccc3c(c2)N(C[C@@H]2CC[C@H]2C(=O)/C=C/CC[C@H]1CC)C[C@@]1(CCCc2cc(Cl)ccc21)CO3. The van der Waals surface area contributed by atoms with Gasteiger partial charge in [0.1, 0.15) is 5.75 Å². The Balaban J connectivity index is 1.42. The van der Waals surface area contributed by atoms with Crippen molar-refractivity contribution in [2.24, 2.45) is 11.8 Å². The lowest BCUT2D eigenvalue weighted by Crippen LogP contribution is -2.49. The van der Waals surface area contributed by atoms with E-state index < -0.39 is 9.71 Å². The van der Waals surface area contributed by atoms with Gasteiger partial charge in [-0.25, -0.2) is 4.21 Å². The number of halogens is 1. The van der Waals surface area contributed by atoms with Crippen LogP contribution in [0.1, 0.15) is 73.4 Å². The van der Waals surface area contributed by atoms with Crippen molar-refractivity contribution in [3.8, 4) is 5.75 Å². The minimum absolute atomic E-state index is 0.00862. The molecule has 1 N–H and O–H groups in total. The molecular weight excluding hydrogens is 556 g/mol. The van der Waals surface area contributed by atoms with E-state index in [1.54, 1.807) is 12.1 Å². The Bertz CT molecular complexity index is 1500. The zero-order valence-electron chi connectivity index (χ0n) is 23.7. The van der Waals surface area contributed by atoms with Gasteiger partial charge in [-0.3, -0.25) is 14.3 Å². The molecule has 1 spiro atoms. The molecule has 2 aromatic carbocycles. The second kappa shape index (κ2) is 11.1. The predicted octanol–water partition coefficient (Wildman–Crippen LogP) is 5.90. The second-order valence-corrected chi connectivity index (χ2v) is 15.1. The number of aryl methyl sites for hydroxylation is 1. The molecule has 5 atom stereocenters. The van der Waals surface area contributed by atoms with Crippen LogP contribution < -0.4 is 14.4 Å². The van der Waals surface area contributed by atoms with Gasteiger partial charge in [0, 0.05) is 40.3 Å². The van der Waals surface area contributed by atoms with Crippen LogP contribution in [0.5, 0.6) is 5.75 Å². The number of nitrogens with one attached hydrogen (secondary N) is 1. The molecule has 2 heterocycles. The summed E-state index contributed by atoms with van der Waals surface area (Å²) >= 11 is 6.39. The third kappa shape index (κ3) is 5.43. The molecule has 0 aromatic heterocycles. The van der Waals surface area contributed by atoms with Gasteiger partial charge in [-0.2, -0.15) is 0 Å². The van der Waals surface area contributed by atoms with E-state index in [0.717, 1.165) is 55.1 Å². The highest BCUT2D eigenvalue weighted by atomic mass is 35.5. The number of allylic oxidation sites excluding steroid dienone is 2. The van der Waals surface area contributed by atoms with Gasteiger partial charge in [0.15, 0.2) is 5.78 Å². The number of nitrogens with zero attached hydrogens (tertiary/aromatic N) is 1. The topological polar surface area (TPSA) is 75.7 Å². The van der Waals surface area contributed by atoms with Crippen LogP contribution in [0.4, 0.5) is 5.69 Å². The molecule has 1 unspecified atom stereocenters. The predicted molar refractivity (Wildman–Crippen MR) is 167 cm³/mol. The van der Waals surface area contributed by atoms with Crippen molar-refractivity contribution >= 4 is 44.6 Å². The molecule has 218 valence electrons. The minimum Gasteiger partial charge on any atom is -0.490 e. The lowest BCUT2D eigenvalue weighted by Gasteiger charge is -2.44. The van der Waals surface area contributed by atoms with Crippen molar-refractivity contribution < 1.29 is 18.5 Å². The van der Waals surface area contributed by atoms with Gasteiger partial charge in [-0.1, -0.05) is 30.7 Å². The summed E-state index contributed by atoms with van der Waals surface area (Å²) in [4.78, 5) is 29.0. The average molecular weight is 595 g/mol. The van der Waals surface area contributed by atoms with Crippen molar-refractivity contribution in [3.05, 3.63) is 70.3 Å². The number of ketones is 1. The van der Waals surface area contributed by atoms with E-state index in [0.29, 0.717) is 38.0 Å². The van der Waals surface area contributed by atoms with Gasteiger partial charge in [0.05, 0.1) is 22.0 Å². The number of amides is 1. The van der Waals surface area contributed by atoms with E-state index in [1.807, 2.05) is 31.2 Å². The molecule has 0 saturated heterocycles. The van der Waals surface area contributed by atoms with Crippen LogP contribution in [-0.2, 0) is 26.3 Å². The van der Waals surface area contributed by atoms with Gasteiger partial charge in [-0.15, -0.1) is 0 Å². The Morgan fingerprint density at radius 2 is 2.02 bits per heavy atom. The molecule has 0 radical (unpaired) electrons. The molecule has 2 aromatic rings. The first-order chi connectivity index (χ1) is 19.7. The third-order valence-electron chi connectivity index (χ3n) is 9.73. The largest absolute Gasteiger partial charge is 0.490 e. The highest BCUT2D eigenvalue weighted by Gasteiger charge is 2.44. The van der Waals surface area contributed by atoms with E-state index >= 15 is 0 Å². The number of carbonyl (C=O) groups excluding carboxylic acids is 2. The molecule has 41 heavy (non-hydrogen) atoms. The van der Waals surface area contributed by atoms with Gasteiger partial charge >= 0.3 is 0 Å². The summed E-state index contributed by atoms with van der Waals surface area (Å²) in [6, 6.07) is 11.7. The quantitative estimate of drug-likeness (QED) is 0.416. The van der Waals surface area contributed by atoms with Gasteiger partial charge in [0.2, 0.25) is 0 Å². The van der Waals surface area contributed by atoms with Crippen LogP contribution in [0.2, 0.25) is 5.02 Å². The summed E-state index contributed by atoms with van der Waals surface area (Å²) in [5.41, 5.74) is 3.59. The van der Waals surface area contributed by atoms with E-state index in [2.05, 4.69) is 27.6 Å². The van der Waals surface area contributed by atoms with Crippen LogP contribution in [0, 0.1) is 11.8 Å².